The smallest absolute Gasteiger partial charge is 0.115 e. The summed E-state index contributed by atoms with van der Waals surface area (Å²) in [5.41, 5.74) is 4.83. The predicted molar refractivity (Wildman–Crippen MR) is 111 cm³/mol. The average molecular weight is 359 g/mol. The van der Waals surface area contributed by atoms with Gasteiger partial charge in [0.1, 0.15) is 11.4 Å². The Morgan fingerprint density at radius 1 is 0.593 bits per heavy atom. The lowest BCUT2D eigenvalue weighted by atomic mass is 9.74. The van der Waals surface area contributed by atoms with Gasteiger partial charge in [-0.05, 0) is 51.7 Å². The number of benzene rings is 3. The largest absolute Gasteiger partial charge is 0.508 e. The first-order valence-electron chi connectivity index (χ1n) is 9.09. The van der Waals surface area contributed by atoms with Crippen LogP contribution in [0.4, 0.5) is 5.69 Å². The first kappa shape index (κ1) is 18.8. The van der Waals surface area contributed by atoms with Gasteiger partial charge in [0.2, 0.25) is 0 Å². The molecule has 0 bridgehead atoms. The Balaban J connectivity index is 1.91. The van der Waals surface area contributed by atoms with E-state index in [0.717, 1.165) is 11.1 Å². The fourth-order valence-corrected chi connectivity index (χ4v) is 3.45. The highest BCUT2D eigenvalue weighted by molar-refractivity contribution is 5.46. The second kappa shape index (κ2) is 6.99. The number of hydrogen-bond donors (Lipinski definition) is 1. The first-order valence-corrected chi connectivity index (χ1v) is 9.09. The SMILES string of the molecule is CC(C)(c1ccc(O)cc1)c1ccc(C(C)(C)c2ccc(N=O)cc2)cc1. The molecule has 0 spiro atoms. The van der Waals surface area contributed by atoms with E-state index in [1.807, 2.05) is 24.3 Å². The van der Waals surface area contributed by atoms with Crippen LogP contribution < -0.4 is 0 Å². The van der Waals surface area contributed by atoms with Crippen molar-refractivity contribution < 1.29 is 5.11 Å². The molecule has 1 N–H and O–H groups in total. The van der Waals surface area contributed by atoms with Crippen molar-refractivity contribution in [1.29, 1.82) is 0 Å². The van der Waals surface area contributed by atoms with Crippen LogP contribution in [0.2, 0.25) is 0 Å². The summed E-state index contributed by atoms with van der Waals surface area (Å²) in [5.74, 6) is 0.280. The van der Waals surface area contributed by atoms with Crippen molar-refractivity contribution in [1.82, 2.24) is 0 Å². The van der Waals surface area contributed by atoms with Crippen LogP contribution in [0.5, 0.6) is 5.75 Å². The maximum atomic E-state index is 10.6. The van der Waals surface area contributed by atoms with Crippen LogP contribution in [-0.4, -0.2) is 5.11 Å². The molecule has 0 fully saturated rings. The second-order valence-corrected chi connectivity index (χ2v) is 8.01. The number of rotatable bonds is 5. The summed E-state index contributed by atoms with van der Waals surface area (Å²) in [4.78, 5) is 10.6. The van der Waals surface area contributed by atoms with Gasteiger partial charge in [0.05, 0.1) is 0 Å². The molecule has 27 heavy (non-hydrogen) atoms. The van der Waals surface area contributed by atoms with E-state index < -0.39 is 0 Å². The number of phenolic OH excluding ortho intramolecular Hbond substituents is 1. The monoisotopic (exact) mass is 359 g/mol. The molecule has 3 aromatic rings. The van der Waals surface area contributed by atoms with Crippen molar-refractivity contribution in [3.05, 3.63) is 100.0 Å². The van der Waals surface area contributed by atoms with Gasteiger partial charge in [0, 0.05) is 10.8 Å². The van der Waals surface area contributed by atoms with E-state index in [0.29, 0.717) is 5.69 Å². The maximum absolute atomic E-state index is 10.6. The Hall–Kier alpha value is -2.94. The van der Waals surface area contributed by atoms with E-state index in [4.69, 9.17) is 0 Å². The summed E-state index contributed by atoms with van der Waals surface area (Å²) in [6.45, 7) is 8.72. The van der Waals surface area contributed by atoms with E-state index in [1.165, 1.54) is 11.1 Å². The Morgan fingerprint density at radius 2 is 0.889 bits per heavy atom. The fraction of sp³-hybridized carbons (Fsp3) is 0.250. The van der Waals surface area contributed by atoms with E-state index in [2.05, 4.69) is 57.1 Å². The molecule has 0 aliphatic heterocycles. The van der Waals surface area contributed by atoms with Gasteiger partial charge in [-0.25, -0.2) is 0 Å². The lowest BCUT2D eigenvalue weighted by Crippen LogP contribution is -2.21. The third-order valence-electron chi connectivity index (χ3n) is 5.61. The Kier molecular flexibility index (Phi) is 4.88. The molecule has 0 saturated heterocycles. The lowest BCUT2D eigenvalue weighted by Gasteiger charge is -2.29. The molecule has 0 unspecified atom stereocenters. The molecule has 138 valence electrons. The van der Waals surface area contributed by atoms with Gasteiger partial charge in [0.15, 0.2) is 0 Å². The van der Waals surface area contributed by atoms with Gasteiger partial charge >= 0.3 is 0 Å². The zero-order valence-corrected chi connectivity index (χ0v) is 16.2. The zero-order chi connectivity index (χ0) is 19.7. The minimum Gasteiger partial charge on any atom is -0.508 e. The minimum atomic E-state index is -0.178. The Morgan fingerprint density at radius 3 is 1.22 bits per heavy atom. The lowest BCUT2D eigenvalue weighted by molar-refractivity contribution is 0.474. The number of nitroso groups, excluding NO2 is 1. The molecule has 3 aromatic carbocycles. The maximum Gasteiger partial charge on any atom is 0.115 e. The molecular weight excluding hydrogens is 334 g/mol. The summed E-state index contributed by atoms with van der Waals surface area (Å²) in [6, 6.07) is 23.5. The van der Waals surface area contributed by atoms with Crippen molar-refractivity contribution in [2.75, 3.05) is 0 Å². The molecule has 0 amide bonds. The molecule has 0 aromatic heterocycles. The van der Waals surface area contributed by atoms with E-state index >= 15 is 0 Å². The number of aromatic hydroxyl groups is 1. The number of nitrogens with zero attached hydrogens (tertiary/aromatic N) is 1. The molecule has 0 atom stereocenters. The highest BCUT2D eigenvalue weighted by Gasteiger charge is 2.26. The van der Waals surface area contributed by atoms with Gasteiger partial charge in [-0.15, -0.1) is 4.91 Å². The average Bonchev–Trinajstić information content (AvgIpc) is 2.68. The third-order valence-corrected chi connectivity index (χ3v) is 5.61. The predicted octanol–water partition coefficient (Wildman–Crippen LogP) is 6.44. The fourth-order valence-electron chi connectivity index (χ4n) is 3.45. The Labute approximate surface area is 160 Å². The number of phenols is 1. The molecule has 0 radical (unpaired) electrons. The normalized spacial score (nSPS) is 12.0. The third kappa shape index (κ3) is 3.63. The molecule has 0 heterocycles. The first-order chi connectivity index (χ1) is 12.7. The van der Waals surface area contributed by atoms with Crippen LogP contribution in [0.1, 0.15) is 49.9 Å². The summed E-state index contributed by atoms with van der Waals surface area (Å²) in [6.07, 6.45) is 0. The van der Waals surface area contributed by atoms with Crippen molar-refractivity contribution in [3.63, 3.8) is 0 Å². The highest BCUT2D eigenvalue weighted by Crippen LogP contribution is 2.36. The van der Waals surface area contributed by atoms with Crippen molar-refractivity contribution in [3.8, 4) is 5.75 Å². The van der Waals surface area contributed by atoms with Gasteiger partial charge in [0.25, 0.3) is 0 Å². The van der Waals surface area contributed by atoms with E-state index in [1.54, 1.807) is 24.3 Å². The van der Waals surface area contributed by atoms with Gasteiger partial charge in [-0.2, -0.15) is 0 Å². The molecule has 0 saturated carbocycles. The standard InChI is InChI=1S/C24H25NO2/c1-23(2,19-9-13-21(25-27)14-10-19)17-5-7-18(8-6-17)24(3,4)20-11-15-22(26)16-12-20/h5-16,26H,1-4H3. The Bertz CT molecular complexity index is 922. The van der Waals surface area contributed by atoms with Crippen LogP contribution in [0.25, 0.3) is 0 Å². The van der Waals surface area contributed by atoms with Crippen molar-refractivity contribution in [2.45, 2.75) is 38.5 Å². The van der Waals surface area contributed by atoms with Gasteiger partial charge in [-0.1, -0.05) is 76.2 Å². The second-order valence-electron chi connectivity index (χ2n) is 8.01. The van der Waals surface area contributed by atoms with Crippen LogP contribution in [0.3, 0.4) is 0 Å². The van der Waals surface area contributed by atoms with Crippen molar-refractivity contribution >= 4 is 5.69 Å². The van der Waals surface area contributed by atoms with E-state index in [-0.39, 0.29) is 16.6 Å². The van der Waals surface area contributed by atoms with Gasteiger partial charge in [-0.3, -0.25) is 0 Å². The van der Waals surface area contributed by atoms with Crippen LogP contribution >= 0.6 is 0 Å². The summed E-state index contributed by atoms with van der Waals surface area (Å²) < 4.78 is 0. The molecule has 3 rings (SSSR count). The minimum absolute atomic E-state index is 0.159. The van der Waals surface area contributed by atoms with Crippen LogP contribution in [0.15, 0.2) is 78.0 Å². The molecule has 3 nitrogen and oxygen atoms in total. The highest BCUT2D eigenvalue weighted by atomic mass is 16.3. The van der Waals surface area contributed by atoms with Crippen LogP contribution in [0, 0.1) is 4.91 Å². The van der Waals surface area contributed by atoms with E-state index in [9.17, 15) is 10.0 Å². The van der Waals surface area contributed by atoms with Gasteiger partial charge < -0.3 is 5.11 Å². The van der Waals surface area contributed by atoms with Crippen LogP contribution in [-0.2, 0) is 10.8 Å². The zero-order valence-electron chi connectivity index (χ0n) is 16.2. The number of hydrogen-bond acceptors (Lipinski definition) is 3. The molecular formula is C24H25NO2. The molecule has 0 aliphatic carbocycles. The van der Waals surface area contributed by atoms with Crippen molar-refractivity contribution in [2.24, 2.45) is 5.18 Å². The molecule has 3 heteroatoms. The summed E-state index contributed by atoms with van der Waals surface area (Å²) >= 11 is 0. The molecule has 0 aliphatic rings. The summed E-state index contributed by atoms with van der Waals surface area (Å²) in [7, 11) is 0. The summed E-state index contributed by atoms with van der Waals surface area (Å²) in [5, 5.41) is 12.5. The topological polar surface area (TPSA) is 49.7 Å². The quantitative estimate of drug-likeness (QED) is 0.533.